The topological polar surface area (TPSA) is 60.2 Å². The molecule has 2 N–H and O–H groups in total. The minimum atomic E-state index is -2.80. The van der Waals surface area contributed by atoms with Crippen molar-refractivity contribution in [3.05, 3.63) is 35.9 Å². The van der Waals surface area contributed by atoms with E-state index in [1.165, 1.54) is 0 Å². The Bertz CT molecular complexity index is 428. The Hall–Kier alpha value is -0.870. The number of hydrogen-bond donors (Lipinski definition) is 1. The average Bonchev–Trinajstić information content (AvgIpc) is 2.39. The second-order valence-electron chi connectivity index (χ2n) is 4.60. The van der Waals surface area contributed by atoms with Crippen molar-refractivity contribution in [2.24, 2.45) is 5.73 Å². The smallest absolute Gasteiger partial charge is 0.150 e. The zero-order valence-electron chi connectivity index (χ0n) is 11.0. The van der Waals surface area contributed by atoms with Gasteiger partial charge in [0.25, 0.3) is 0 Å². The van der Waals surface area contributed by atoms with Gasteiger partial charge in [0.15, 0.2) is 0 Å². The predicted molar refractivity (Wildman–Crippen MR) is 76.2 cm³/mol. The highest BCUT2D eigenvalue weighted by atomic mass is 32.2. The third-order valence-corrected chi connectivity index (χ3v) is 4.93. The molecule has 0 fully saturated rings. The lowest BCUT2D eigenvalue weighted by molar-refractivity contribution is 0.569. The van der Waals surface area contributed by atoms with Crippen molar-refractivity contribution >= 4 is 9.84 Å². The van der Waals surface area contributed by atoms with Crippen molar-refractivity contribution in [3.63, 3.8) is 0 Å². The highest BCUT2D eigenvalue weighted by Crippen LogP contribution is 2.16. The van der Waals surface area contributed by atoms with Crippen molar-refractivity contribution in [3.8, 4) is 0 Å². The molecular formula is C14H23NO2S. The highest BCUT2D eigenvalue weighted by Gasteiger charge is 2.08. The summed E-state index contributed by atoms with van der Waals surface area (Å²) in [5, 5.41) is 0. The second kappa shape index (κ2) is 7.54. The molecule has 0 aliphatic carbocycles. The van der Waals surface area contributed by atoms with Crippen molar-refractivity contribution < 1.29 is 8.42 Å². The number of sulfone groups is 1. The Morgan fingerprint density at radius 1 is 1.11 bits per heavy atom. The van der Waals surface area contributed by atoms with E-state index in [0.717, 1.165) is 31.2 Å². The van der Waals surface area contributed by atoms with Gasteiger partial charge in [0.1, 0.15) is 9.84 Å². The first-order chi connectivity index (χ1) is 8.55. The lowest BCUT2D eigenvalue weighted by Gasteiger charge is -2.11. The highest BCUT2D eigenvalue weighted by molar-refractivity contribution is 7.91. The molecule has 1 aromatic carbocycles. The maximum atomic E-state index is 11.3. The van der Waals surface area contributed by atoms with E-state index in [1.807, 2.05) is 30.3 Å². The van der Waals surface area contributed by atoms with Gasteiger partial charge in [0.05, 0.1) is 5.75 Å². The first kappa shape index (κ1) is 15.2. The maximum absolute atomic E-state index is 11.3. The Balaban J connectivity index is 2.19. The van der Waals surface area contributed by atoms with Gasteiger partial charge >= 0.3 is 0 Å². The lowest BCUT2D eigenvalue weighted by Crippen LogP contribution is -2.11. The van der Waals surface area contributed by atoms with Crippen LogP contribution in [0.3, 0.4) is 0 Å². The van der Waals surface area contributed by atoms with Gasteiger partial charge in [-0.15, -0.1) is 0 Å². The van der Waals surface area contributed by atoms with Crippen LogP contribution < -0.4 is 5.73 Å². The fourth-order valence-electron chi connectivity index (χ4n) is 1.87. The van der Waals surface area contributed by atoms with Gasteiger partial charge in [0, 0.05) is 11.8 Å². The van der Waals surface area contributed by atoms with E-state index in [9.17, 15) is 8.42 Å². The summed E-state index contributed by atoms with van der Waals surface area (Å²) < 4.78 is 22.6. The quantitative estimate of drug-likeness (QED) is 0.738. The first-order valence-corrected chi connectivity index (χ1v) is 8.38. The summed E-state index contributed by atoms with van der Waals surface area (Å²) in [4.78, 5) is 0. The molecule has 0 aromatic heterocycles. The molecule has 0 aliphatic rings. The molecule has 1 aromatic rings. The fraction of sp³-hybridized carbons (Fsp3) is 0.571. The second-order valence-corrected chi connectivity index (χ2v) is 7.08. The molecule has 102 valence electrons. The minimum absolute atomic E-state index is 0.0639. The largest absolute Gasteiger partial charge is 0.324 e. The van der Waals surface area contributed by atoms with Crippen LogP contribution in [0.25, 0.3) is 0 Å². The van der Waals surface area contributed by atoms with Crippen LogP contribution in [0.15, 0.2) is 30.3 Å². The van der Waals surface area contributed by atoms with Crippen molar-refractivity contribution in [1.82, 2.24) is 0 Å². The van der Waals surface area contributed by atoms with E-state index >= 15 is 0 Å². The number of hydrogen-bond acceptors (Lipinski definition) is 3. The van der Waals surface area contributed by atoms with Crippen LogP contribution in [0, 0.1) is 0 Å². The molecule has 0 bridgehead atoms. The van der Waals surface area contributed by atoms with Crippen molar-refractivity contribution in [2.75, 3.05) is 11.5 Å². The Morgan fingerprint density at radius 2 is 1.78 bits per heavy atom. The Labute approximate surface area is 110 Å². The molecule has 0 heterocycles. The van der Waals surface area contributed by atoms with Gasteiger partial charge < -0.3 is 5.73 Å². The molecule has 0 saturated carbocycles. The average molecular weight is 269 g/mol. The van der Waals surface area contributed by atoms with Gasteiger partial charge in [-0.3, -0.25) is 0 Å². The molecule has 1 unspecified atom stereocenters. The zero-order chi connectivity index (χ0) is 13.4. The monoisotopic (exact) mass is 269 g/mol. The molecule has 0 aliphatic heterocycles. The Morgan fingerprint density at radius 3 is 2.39 bits per heavy atom. The van der Waals surface area contributed by atoms with Crippen LogP contribution in [0.4, 0.5) is 0 Å². The molecule has 0 radical (unpaired) electrons. The van der Waals surface area contributed by atoms with Gasteiger partial charge in [-0.05, 0) is 18.4 Å². The number of rotatable bonds is 8. The summed E-state index contributed by atoms with van der Waals surface area (Å²) in [6, 6.07) is 10.1. The fourth-order valence-corrected chi connectivity index (χ4v) is 2.81. The van der Waals surface area contributed by atoms with Gasteiger partial charge in [-0.1, -0.05) is 50.1 Å². The molecule has 1 rings (SSSR count). The molecule has 3 nitrogen and oxygen atoms in total. The van der Waals surface area contributed by atoms with Crippen LogP contribution in [-0.2, 0) is 9.84 Å². The summed E-state index contributed by atoms with van der Waals surface area (Å²) in [5.74, 6) is 0.556. The van der Waals surface area contributed by atoms with Crippen LogP contribution in [-0.4, -0.2) is 19.9 Å². The summed E-state index contributed by atoms with van der Waals surface area (Å²) in [6.07, 6.45) is 3.57. The molecule has 18 heavy (non-hydrogen) atoms. The van der Waals surface area contributed by atoms with E-state index in [1.54, 1.807) is 6.92 Å². The van der Waals surface area contributed by atoms with Gasteiger partial charge in [0.2, 0.25) is 0 Å². The van der Waals surface area contributed by atoms with E-state index in [0.29, 0.717) is 5.75 Å². The van der Waals surface area contributed by atoms with Gasteiger partial charge in [-0.2, -0.15) is 0 Å². The normalized spacial score (nSPS) is 13.4. The van der Waals surface area contributed by atoms with Crippen LogP contribution in [0.5, 0.6) is 0 Å². The van der Waals surface area contributed by atoms with E-state index in [4.69, 9.17) is 5.73 Å². The standard InChI is InChI=1S/C14H23NO2S/c1-2-18(16,17)12-8-4-7-11-14(15)13-9-5-3-6-10-13/h3,5-6,9-10,14H,2,4,7-8,11-12,15H2,1H3. The summed E-state index contributed by atoms with van der Waals surface area (Å²) in [6.45, 7) is 1.70. The summed E-state index contributed by atoms with van der Waals surface area (Å²) in [7, 11) is -2.80. The molecule has 0 spiro atoms. The summed E-state index contributed by atoms with van der Waals surface area (Å²) in [5.41, 5.74) is 7.22. The summed E-state index contributed by atoms with van der Waals surface area (Å²) >= 11 is 0. The number of benzene rings is 1. The van der Waals surface area contributed by atoms with E-state index in [-0.39, 0.29) is 11.8 Å². The number of unbranched alkanes of at least 4 members (excludes halogenated alkanes) is 2. The lowest BCUT2D eigenvalue weighted by atomic mass is 10.0. The van der Waals surface area contributed by atoms with E-state index in [2.05, 4.69) is 0 Å². The van der Waals surface area contributed by atoms with Gasteiger partial charge in [-0.25, -0.2) is 8.42 Å². The molecule has 0 amide bonds. The van der Waals surface area contributed by atoms with Crippen LogP contribution in [0.1, 0.15) is 44.2 Å². The SMILES string of the molecule is CCS(=O)(=O)CCCCCC(N)c1ccccc1. The van der Waals surface area contributed by atoms with Crippen molar-refractivity contribution in [1.29, 1.82) is 0 Å². The molecule has 0 saturated heterocycles. The predicted octanol–water partition coefficient (Wildman–Crippen LogP) is 2.68. The Kier molecular flexibility index (Phi) is 6.36. The molecule has 1 atom stereocenters. The molecular weight excluding hydrogens is 246 g/mol. The van der Waals surface area contributed by atoms with E-state index < -0.39 is 9.84 Å². The third kappa shape index (κ3) is 5.65. The minimum Gasteiger partial charge on any atom is -0.324 e. The molecule has 4 heteroatoms. The third-order valence-electron chi connectivity index (χ3n) is 3.14. The maximum Gasteiger partial charge on any atom is 0.150 e. The first-order valence-electron chi connectivity index (χ1n) is 6.56. The van der Waals surface area contributed by atoms with Crippen molar-refractivity contribution in [2.45, 2.75) is 38.6 Å². The van der Waals surface area contributed by atoms with Crippen LogP contribution in [0.2, 0.25) is 0 Å². The number of nitrogens with two attached hydrogens (primary N) is 1. The zero-order valence-corrected chi connectivity index (χ0v) is 11.8. The van der Waals surface area contributed by atoms with Crippen LogP contribution >= 0.6 is 0 Å².